The predicted octanol–water partition coefficient (Wildman–Crippen LogP) is 1.17. The Labute approximate surface area is 76.2 Å². The standard InChI is InChI=1S/C8H15F2NO2/c1-7(2,3)8(9,10)5(11)6(12)13-4/h5H,11H2,1-4H3. The van der Waals surface area contributed by atoms with Crippen molar-refractivity contribution in [3.8, 4) is 0 Å². The van der Waals surface area contributed by atoms with Gasteiger partial charge in [0.25, 0.3) is 5.92 Å². The van der Waals surface area contributed by atoms with Crippen molar-refractivity contribution in [1.82, 2.24) is 0 Å². The monoisotopic (exact) mass is 195 g/mol. The van der Waals surface area contributed by atoms with Gasteiger partial charge >= 0.3 is 5.97 Å². The van der Waals surface area contributed by atoms with Gasteiger partial charge in [-0.3, -0.25) is 4.79 Å². The molecule has 0 aliphatic rings. The molecule has 0 radical (unpaired) electrons. The molecule has 1 unspecified atom stereocenters. The Morgan fingerprint density at radius 3 is 2.00 bits per heavy atom. The van der Waals surface area contributed by atoms with Crippen LogP contribution in [-0.4, -0.2) is 25.0 Å². The number of alkyl halides is 2. The molecule has 13 heavy (non-hydrogen) atoms. The van der Waals surface area contributed by atoms with Gasteiger partial charge in [0.05, 0.1) is 7.11 Å². The first-order valence-corrected chi connectivity index (χ1v) is 3.86. The lowest BCUT2D eigenvalue weighted by Crippen LogP contribution is -2.54. The molecule has 0 aliphatic heterocycles. The molecule has 0 aliphatic carbocycles. The Hall–Kier alpha value is -0.710. The van der Waals surface area contributed by atoms with E-state index in [-0.39, 0.29) is 0 Å². The van der Waals surface area contributed by atoms with Crippen LogP contribution in [0.5, 0.6) is 0 Å². The summed E-state index contributed by atoms with van der Waals surface area (Å²) in [7, 11) is 1.03. The van der Waals surface area contributed by atoms with Gasteiger partial charge in [-0.1, -0.05) is 20.8 Å². The average Bonchev–Trinajstić information content (AvgIpc) is 1.99. The van der Waals surface area contributed by atoms with Gasteiger partial charge in [0.1, 0.15) is 0 Å². The fourth-order valence-electron chi connectivity index (χ4n) is 0.741. The lowest BCUT2D eigenvalue weighted by Gasteiger charge is -2.33. The molecule has 0 aromatic carbocycles. The quantitative estimate of drug-likeness (QED) is 0.673. The third-order valence-electron chi connectivity index (χ3n) is 1.85. The number of carbonyl (C=O) groups excluding carboxylic acids is 1. The highest BCUT2D eigenvalue weighted by Gasteiger charge is 2.52. The SMILES string of the molecule is COC(=O)C(N)C(F)(F)C(C)(C)C. The van der Waals surface area contributed by atoms with E-state index in [4.69, 9.17) is 5.73 Å². The number of hydrogen-bond acceptors (Lipinski definition) is 3. The van der Waals surface area contributed by atoms with Crippen molar-refractivity contribution in [3.05, 3.63) is 0 Å². The highest BCUT2D eigenvalue weighted by Crippen LogP contribution is 2.37. The van der Waals surface area contributed by atoms with E-state index in [2.05, 4.69) is 4.74 Å². The second-order valence-corrected chi connectivity index (χ2v) is 3.87. The summed E-state index contributed by atoms with van der Waals surface area (Å²) in [4.78, 5) is 10.8. The molecule has 0 fully saturated rings. The Morgan fingerprint density at radius 1 is 1.38 bits per heavy atom. The minimum atomic E-state index is -3.28. The van der Waals surface area contributed by atoms with E-state index in [1.807, 2.05) is 0 Å². The van der Waals surface area contributed by atoms with Crippen LogP contribution in [0.1, 0.15) is 20.8 Å². The fourth-order valence-corrected chi connectivity index (χ4v) is 0.741. The van der Waals surface area contributed by atoms with Crippen molar-refractivity contribution >= 4 is 5.97 Å². The molecule has 5 heteroatoms. The maximum atomic E-state index is 13.3. The highest BCUT2D eigenvalue weighted by atomic mass is 19.3. The van der Waals surface area contributed by atoms with Crippen LogP contribution in [-0.2, 0) is 9.53 Å². The van der Waals surface area contributed by atoms with Crippen LogP contribution in [0, 0.1) is 5.41 Å². The lowest BCUT2D eigenvalue weighted by atomic mass is 9.84. The van der Waals surface area contributed by atoms with Gasteiger partial charge in [-0.05, 0) is 0 Å². The number of halogens is 2. The minimum Gasteiger partial charge on any atom is -0.468 e. The van der Waals surface area contributed by atoms with E-state index in [1.54, 1.807) is 0 Å². The largest absolute Gasteiger partial charge is 0.468 e. The van der Waals surface area contributed by atoms with Crippen LogP contribution >= 0.6 is 0 Å². The van der Waals surface area contributed by atoms with Crippen LogP contribution in [0.15, 0.2) is 0 Å². The first-order chi connectivity index (χ1) is 5.64. The fraction of sp³-hybridized carbons (Fsp3) is 0.875. The highest BCUT2D eigenvalue weighted by molar-refractivity contribution is 5.76. The molecule has 0 saturated carbocycles. The summed E-state index contributed by atoms with van der Waals surface area (Å²) in [6.07, 6.45) is 0. The third-order valence-corrected chi connectivity index (χ3v) is 1.85. The molecule has 0 rings (SSSR count). The molecule has 0 saturated heterocycles. The van der Waals surface area contributed by atoms with Gasteiger partial charge < -0.3 is 10.5 Å². The van der Waals surface area contributed by atoms with Gasteiger partial charge in [-0.15, -0.1) is 0 Å². The first kappa shape index (κ1) is 12.3. The Bertz CT molecular complexity index is 199. The van der Waals surface area contributed by atoms with E-state index >= 15 is 0 Å². The van der Waals surface area contributed by atoms with Crippen molar-refractivity contribution in [2.45, 2.75) is 32.7 Å². The average molecular weight is 195 g/mol. The van der Waals surface area contributed by atoms with Gasteiger partial charge in [0, 0.05) is 5.41 Å². The minimum absolute atomic E-state index is 1.03. The lowest BCUT2D eigenvalue weighted by molar-refractivity contribution is -0.165. The molecule has 1 atom stereocenters. The van der Waals surface area contributed by atoms with Crippen molar-refractivity contribution in [2.75, 3.05) is 7.11 Å². The maximum Gasteiger partial charge on any atom is 0.328 e. The number of rotatable bonds is 2. The van der Waals surface area contributed by atoms with Gasteiger partial charge in [-0.25, -0.2) is 8.78 Å². The van der Waals surface area contributed by atoms with E-state index in [9.17, 15) is 13.6 Å². The number of methoxy groups -OCH3 is 1. The zero-order chi connectivity index (χ0) is 10.9. The predicted molar refractivity (Wildman–Crippen MR) is 44.4 cm³/mol. The molecule has 0 amide bonds. The van der Waals surface area contributed by atoms with Crippen molar-refractivity contribution < 1.29 is 18.3 Å². The van der Waals surface area contributed by atoms with E-state index in [0.717, 1.165) is 7.11 Å². The smallest absolute Gasteiger partial charge is 0.328 e. The number of esters is 1. The van der Waals surface area contributed by atoms with Gasteiger partial charge in [0.15, 0.2) is 6.04 Å². The van der Waals surface area contributed by atoms with Crippen molar-refractivity contribution in [2.24, 2.45) is 11.1 Å². The molecular formula is C8H15F2NO2. The molecule has 2 N–H and O–H groups in total. The molecule has 0 bridgehead atoms. The van der Waals surface area contributed by atoms with Crippen molar-refractivity contribution in [3.63, 3.8) is 0 Å². The van der Waals surface area contributed by atoms with Crippen LogP contribution in [0.25, 0.3) is 0 Å². The number of ether oxygens (including phenoxy) is 1. The van der Waals surface area contributed by atoms with Crippen LogP contribution < -0.4 is 5.73 Å². The number of nitrogens with two attached hydrogens (primary N) is 1. The van der Waals surface area contributed by atoms with Gasteiger partial charge in [-0.2, -0.15) is 0 Å². The maximum absolute atomic E-state index is 13.3. The van der Waals surface area contributed by atoms with Crippen molar-refractivity contribution in [1.29, 1.82) is 0 Å². The molecule has 3 nitrogen and oxygen atoms in total. The van der Waals surface area contributed by atoms with E-state index < -0.39 is 23.3 Å². The summed E-state index contributed by atoms with van der Waals surface area (Å²) < 4.78 is 30.8. The van der Waals surface area contributed by atoms with E-state index in [1.165, 1.54) is 20.8 Å². The molecule has 78 valence electrons. The van der Waals surface area contributed by atoms with Crippen LogP contribution in [0.4, 0.5) is 8.78 Å². The topological polar surface area (TPSA) is 52.3 Å². The van der Waals surface area contributed by atoms with Gasteiger partial charge in [0.2, 0.25) is 0 Å². The second-order valence-electron chi connectivity index (χ2n) is 3.87. The molecular weight excluding hydrogens is 180 g/mol. The zero-order valence-corrected chi connectivity index (χ0v) is 8.23. The van der Waals surface area contributed by atoms with Crippen LogP contribution in [0.3, 0.4) is 0 Å². The summed E-state index contributed by atoms with van der Waals surface area (Å²) >= 11 is 0. The summed E-state index contributed by atoms with van der Waals surface area (Å²) in [5.74, 6) is -4.37. The number of carbonyl (C=O) groups is 1. The van der Waals surface area contributed by atoms with Crippen LogP contribution in [0.2, 0.25) is 0 Å². The molecule has 0 aromatic heterocycles. The Kier molecular flexibility index (Phi) is 3.38. The zero-order valence-electron chi connectivity index (χ0n) is 8.23. The molecule has 0 spiro atoms. The Morgan fingerprint density at radius 2 is 1.77 bits per heavy atom. The summed E-state index contributed by atoms with van der Waals surface area (Å²) in [5.41, 5.74) is 3.71. The summed E-state index contributed by atoms with van der Waals surface area (Å²) in [6.45, 7) is 3.95. The number of hydrogen-bond donors (Lipinski definition) is 1. The Balaban J connectivity index is 4.74. The third kappa shape index (κ3) is 2.37. The second kappa shape index (κ2) is 3.57. The molecule has 0 heterocycles. The normalized spacial score (nSPS) is 15.3. The summed E-state index contributed by atoms with van der Waals surface area (Å²) in [5, 5.41) is 0. The first-order valence-electron chi connectivity index (χ1n) is 3.86. The molecule has 0 aromatic rings. The van der Waals surface area contributed by atoms with E-state index in [0.29, 0.717) is 0 Å². The summed E-state index contributed by atoms with van der Waals surface area (Å²) in [6, 6.07) is -1.91.